The largest absolute Gasteiger partial charge is 0.348 e. The van der Waals surface area contributed by atoms with Crippen LogP contribution in [0.2, 0.25) is 0 Å². The van der Waals surface area contributed by atoms with Crippen molar-refractivity contribution >= 4 is 11.0 Å². The van der Waals surface area contributed by atoms with Crippen molar-refractivity contribution in [3.63, 3.8) is 0 Å². The van der Waals surface area contributed by atoms with Crippen molar-refractivity contribution in [3.05, 3.63) is 24.3 Å². The lowest BCUT2D eigenvalue weighted by atomic mass is 10.3. The molecule has 2 heterocycles. The van der Waals surface area contributed by atoms with Crippen molar-refractivity contribution in [2.24, 2.45) is 7.05 Å². The second kappa shape index (κ2) is 4.03. The van der Waals surface area contributed by atoms with Gasteiger partial charge < -0.3 is 4.57 Å². The topological polar surface area (TPSA) is 30.7 Å². The average Bonchev–Trinajstić information content (AvgIpc) is 2.53. The van der Waals surface area contributed by atoms with Gasteiger partial charge in [-0.05, 0) is 13.0 Å². The summed E-state index contributed by atoms with van der Waals surface area (Å²) in [6, 6.07) is 1.99. The zero-order chi connectivity index (χ0) is 9.84. The summed E-state index contributed by atoms with van der Waals surface area (Å²) in [5, 5.41) is 0. The maximum Gasteiger partial charge on any atom is 0.116 e. The number of aromatic nitrogens is 3. The third kappa shape index (κ3) is 1.69. The normalized spacial score (nSPS) is 9.54. The monoisotopic (exact) mass is 177 g/mol. The van der Waals surface area contributed by atoms with Gasteiger partial charge in [0.05, 0.1) is 16.7 Å². The molecular weight excluding hydrogens is 162 g/mol. The van der Waals surface area contributed by atoms with Crippen LogP contribution < -0.4 is 0 Å². The van der Waals surface area contributed by atoms with Crippen LogP contribution in [0.4, 0.5) is 0 Å². The Morgan fingerprint density at radius 2 is 1.92 bits per heavy atom. The number of hydrogen-bond donors (Lipinski definition) is 0. The quantitative estimate of drug-likeness (QED) is 0.618. The molecule has 0 atom stereocenters. The minimum absolute atomic E-state index is 1.01. The lowest BCUT2D eigenvalue weighted by molar-refractivity contribution is 0.952. The fourth-order valence-electron chi connectivity index (χ4n) is 1.30. The van der Waals surface area contributed by atoms with Gasteiger partial charge in [0.1, 0.15) is 6.33 Å². The Labute approximate surface area is 78.4 Å². The lowest BCUT2D eigenvalue weighted by Gasteiger charge is -1.97. The van der Waals surface area contributed by atoms with E-state index < -0.39 is 0 Å². The third-order valence-electron chi connectivity index (χ3n) is 1.84. The zero-order valence-corrected chi connectivity index (χ0v) is 8.57. The van der Waals surface area contributed by atoms with Crippen LogP contribution in [0, 0.1) is 6.92 Å². The highest BCUT2D eigenvalue weighted by molar-refractivity contribution is 5.77. The molecular formula is C10H15N3. The van der Waals surface area contributed by atoms with Gasteiger partial charge in [0, 0.05) is 13.2 Å². The number of fused-ring (bicyclic) bond motifs is 1. The van der Waals surface area contributed by atoms with Crippen molar-refractivity contribution in [1.29, 1.82) is 0 Å². The molecule has 0 N–H and O–H groups in total. The molecule has 0 aliphatic carbocycles. The van der Waals surface area contributed by atoms with Crippen LogP contribution in [0.1, 0.15) is 19.5 Å². The molecule has 70 valence electrons. The highest BCUT2D eigenvalue weighted by atomic mass is 15.0. The van der Waals surface area contributed by atoms with Crippen molar-refractivity contribution in [2.45, 2.75) is 20.8 Å². The second-order valence-corrected chi connectivity index (χ2v) is 2.62. The van der Waals surface area contributed by atoms with Crippen LogP contribution >= 0.6 is 0 Å². The first-order chi connectivity index (χ1) is 6.29. The van der Waals surface area contributed by atoms with Crippen molar-refractivity contribution in [2.75, 3.05) is 0 Å². The highest BCUT2D eigenvalue weighted by Crippen LogP contribution is 2.12. The Hall–Kier alpha value is -1.38. The molecule has 0 aliphatic rings. The molecule has 0 unspecified atom stereocenters. The molecule has 0 aliphatic heterocycles. The smallest absolute Gasteiger partial charge is 0.116 e. The van der Waals surface area contributed by atoms with Gasteiger partial charge in [-0.2, -0.15) is 0 Å². The summed E-state index contributed by atoms with van der Waals surface area (Å²) in [7, 11) is 2.00. The van der Waals surface area contributed by atoms with Crippen LogP contribution in [-0.4, -0.2) is 14.5 Å². The Kier molecular flexibility index (Phi) is 3.01. The molecule has 3 heteroatoms. The minimum Gasteiger partial charge on any atom is -0.348 e. The minimum atomic E-state index is 1.01. The number of hydrogen-bond acceptors (Lipinski definition) is 2. The van der Waals surface area contributed by atoms with E-state index in [1.165, 1.54) is 0 Å². The van der Waals surface area contributed by atoms with E-state index in [-0.39, 0.29) is 0 Å². The van der Waals surface area contributed by atoms with E-state index in [4.69, 9.17) is 0 Å². The Balaban J connectivity index is 0.000000396. The summed E-state index contributed by atoms with van der Waals surface area (Å²) >= 11 is 0. The van der Waals surface area contributed by atoms with E-state index in [1.54, 1.807) is 6.33 Å². The predicted octanol–water partition coefficient (Wildman–Crippen LogP) is 2.30. The van der Waals surface area contributed by atoms with Crippen LogP contribution in [0.15, 0.2) is 18.6 Å². The van der Waals surface area contributed by atoms with Crippen molar-refractivity contribution in [1.82, 2.24) is 14.5 Å². The van der Waals surface area contributed by atoms with Gasteiger partial charge in [0.2, 0.25) is 0 Å². The van der Waals surface area contributed by atoms with E-state index in [0.717, 1.165) is 16.7 Å². The van der Waals surface area contributed by atoms with Gasteiger partial charge in [0.15, 0.2) is 0 Å². The van der Waals surface area contributed by atoms with E-state index in [0.29, 0.717) is 0 Å². The lowest BCUT2D eigenvalue weighted by Crippen LogP contribution is -1.90. The predicted molar refractivity (Wildman–Crippen MR) is 54.6 cm³/mol. The van der Waals surface area contributed by atoms with E-state index >= 15 is 0 Å². The van der Waals surface area contributed by atoms with Crippen LogP contribution in [-0.2, 0) is 7.05 Å². The Morgan fingerprint density at radius 1 is 1.23 bits per heavy atom. The molecule has 3 nitrogen and oxygen atoms in total. The zero-order valence-electron chi connectivity index (χ0n) is 8.57. The molecule has 2 aromatic rings. The van der Waals surface area contributed by atoms with Crippen LogP contribution in [0.25, 0.3) is 11.0 Å². The Bertz CT molecular complexity index is 390. The summed E-state index contributed by atoms with van der Waals surface area (Å²) < 4.78 is 2.03. The second-order valence-electron chi connectivity index (χ2n) is 2.62. The third-order valence-corrected chi connectivity index (χ3v) is 1.84. The number of nitrogens with zero attached hydrogens (tertiary/aromatic N) is 3. The number of rotatable bonds is 0. The van der Waals surface area contributed by atoms with Crippen LogP contribution in [0.3, 0.4) is 0 Å². The molecule has 0 saturated carbocycles. The van der Waals surface area contributed by atoms with Gasteiger partial charge in [-0.25, -0.2) is 9.97 Å². The first kappa shape index (κ1) is 9.71. The summed E-state index contributed by atoms with van der Waals surface area (Å²) in [6.07, 6.45) is 3.59. The molecule has 0 fully saturated rings. The van der Waals surface area contributed by atoms with E-state index in [1.807, 2.05) is 44.6 Å². The molecule has 0 aromatic carbocycles. The van der Waals surface area contributed by atoms with Gasteiger partial charge in [0.25, 0.3) is 0 Å². The first-order valence-electron chi connectivity index (χ1n) is 4.51. The summed E-state index contributed by atoms with van der Waals surface area (Å²) in [5.41, 5.74) is 3.16. The molecule has 13 heavy (non-hydrogen) atoms. The maximum absolute atomic E-state index is 4.13. The summed E-state index contributed by atoms with van der Waals surface area (Å²) in [6.45, 7) is 5.99. The summed E-state index contributed by atoms with van der Waals surface area (Å²) in [5.74, 6) is 0. The van der Waals surface area contributed by atoms with E-state index in [2.05, 4.69) is 9.97 Å². The average molecular weight is 177 g/mol. The fraction of sp³-hybridized carbons (Fsp3) is 0.400. The summed E-state index contributed by atoms with van der Waals surface area (Å²) in [4.78, 5) is 8.24. The molecule has 2 rings (SSSR count). The molecule has 0 radical (unpaired) electrons. The molecule has 0 saturated heterocycles. The van der Waals surface area contributed by atoms with Crippen molar-refractivity contribution in [3.8, 4) is 0 Å². The number of aryl methyl sites for hydroxylation is 2. The maximum atomic E-state index is 4.13. The van der Waals surface area contributed by atoms with Gasteiger partial charge in [-0.15, -0.1) is 0 Å². The SMILES string of the molecule is CC.Cc1ncnc2ccn(C)c12. The Morgan fingerprint density at radius 3 is 2.54 bits per heavy atom. The van der Waals surface area contributed by atoms with Gasteiger partial charge in [-0.1, -0.05) is 13.8 Å². The fourth-order valence-corrected chi connectivity index (χ4v) is 1.30. The van der Waals surface area contributed by atoms with Crippen LogP contribution in [0.5, 0.6) is 0 Å². The molecule has 0 spiro atoms. The van der Waals surface area contributed by atoms with Gasteiger partial charge >= 0.3 is 0 Å². The molecule has 2 aromatic heterocycles. The van der Waals surface area contributed by atoms with E-state index in [9.17, 15) is 0 Å². The molecule has 0 amide bonds. The first-order valence-corrected chi connectivity index (χ1v) is 4.51. The standard InChI is InChI=1S/C8H9N3.C2H6/c1-6-8-7(10-5-9-6)3-4-11(8)2;1-2/h3-5H,1-2H3;1-2H3. The molecule has 0 bridgehead atoms. The van der Waals surface area contributed by atoms with Crippen molar-refractivity contribution < 1.29 is 0 Å². The highest BCUT2D eigenvalue weighted by Gasteiger charge is 2.00. The van der Waals surface area contributed by atoms with Gasteiger partial charge in [-0.3, -0.25) is 0 Å².